The van der Waals surface area contributed by atoms with Gasteiger partial charge in [-0.05, 0) is 30.5 Å². The number of fused-ring (bicyclic) bond motifs is 1. The van der Waals surface area contributed by atoms with Crippen LogP contribution in [0.15, 0.2) is 65.2 Å². The van der Waals surface area contributed by atoms with Crippen LogP contribution in [0.3, 0.4) is 0 Å². The van der Waals surface area contributed by atoms with Gasteiger partial charge in [-0.3, -0.25) is 9.59 Å². The average molecular weight is 389 g/mol. The summed E-state index contributed by atoms with van der Waals surface area (Å²) in [7, 11) is 1.77. The third-order valence-corrected chi connectivity index (χ3v) is 5.45. The molecule has 29 heavy (non-hydrogen) atoms. The van der Waals surface area contributed by atoms with Crippen molar-refractivity contribution in [1.29, 1.82) is 0 Å². The predicted molar refractivity (Wildman–Crippen MR) is 109 cm³/mol. The van der Waals surface area contributed by atoms with E-state index in [2.05, 4.69) is 10.5 Å². The molecule has 1 aliphatic rings. The van der Waals surface area contributed by atoms with E-state index in [-0.39, 0.29) is 24.8 Å². The second-order valence-corrected chi connectivity index (χ2v) is 7.51. The smallest absolute Gasteiger partial charge is 0.238 e. The van der Waals surface area contributed by atoms with Crippen LogP contribution >= 0.6 is 0 Å². The van der Waals surface area contributed by atoms with Crippen molar-refractivity contribution < 1.29 is 14.1 Å². The number of aromatic nitrogens is 1. The van der Waals surface area contributed by atoms with Crippen LogP contribution in [0.4, 0.5) is 5.69 Å². The van der Waals surface area contributed by atoms with Crippen LogP contribution in [0.25, 0.3) is 0 Å². The van der Waals surface area contributed by atoms with Gasteiger partial charge in [-0.1, -0.05) is 53.7 Å². The molecule has 1 aliphatic heterocycles. The predicted octanol–water partition coefficient (Wildman–Crippen LogP) is 3.15. The molecule has 0 fully saturated rings. The molecule has 0 saturated carbocycles. The highest BCUT2D eigenvalue weighted by Gasteiger charge is 2.50. The molecule has 6 heteroatoms. The Hall–Kier alpha value is -3.41. The number of nitrogens with zero attached hydrogens (tertiary/aromatic N) is 2. The molecule has 0 spiro atoms. The molecule has 2 aromatic carbocycles. The summed E-state index contributed by atoms with van der Waals surface area (Å²) in [6, 6.07) is 19.3. The van der Waals surface area contributed by atoms with Crippen LogP contribution in [0.5, 0.6) is 0 Å². The van der Waals surface area contributed by atoms with E-state index in [1.165, 1.54) is 0 Å². The summed E-state index contributed by atoms with van der Waals surface area (Å²) < 4.78 is 5.04. The summed E-state index contributed by atoms with van der Waals surface area (Å²) in [4.78, 5) is 28.0. The van der Waals surface area contributed by atoms with E-state index in [1.807, 2.05) is 54.6 Å². The molecule has 3 aromatic rings. The van der Waals surface area contributed by atoms with Crippen LogP contribution in [-0.4, -0.2) is 24.0 Å². The highest BCUT2D eigenvalue weighted by Crippen LogP contribution is 2.45. The summed E-state index contributed by atoms with van der Waals surface area (Å²) in [6.07, 6.45) is 0.531. The molecule has 0 aliphatic carbocycles. The summed E-state index contributed by atoms with van der Waals surface area (Å²) in [5.41, 5.74) is 2.49. The number of likely N-dealkylation sites (N-methyl/N-ethyl adjacent to an activating group) is 1. The summed E-state index contributed by atoms with van der Waals surface area (Å²) in [5.74, 6) is 0.436. The number of carbonyl (C=O) groups is 2. The number of para-hydroxylation sites is 1. The van der Waals surface area contributed by atoms with Gasteiger partial charge in [-0.15, -0.1) is 0 Å². The van der Waals surface area contributed by atoms with Gasteiger partial charge in [0.25, 0.3) is 0 Å². The molecular formula is C23H23N3O3. The van der Waals surface area contributed by atoms with Crippen molar-refractivity contribution in [3.8, 4) is 0 Å². The van der Waals surface area contributed by atoms with Crippen LogP contribution in [-0.2, 0) is 28.0 Å². The molecule has 1 N–H and O–H groups in total. The normalized spacial score (nSPS) is 18.0. The number of aryl methyl sites for hydroxylation is 1. The lowest BCUT2D eigenvalue weighted by atomic mass is 9.73. The number of carbonyl (C=O) groups excluding carboxylic acids is 2. The SMILES string of the molecule is Cc1cc(CNC(=O)C[C@@]2(Cc3ccccc3)C(=O)N(C)c3ccccc32)no1. The highest BCUT2D eigenvalue weighted by atomic mass is 16.5. The molecular weight excluding hydrogens is 366 g/mol. The number of benzene rings is 2. The third-order valence-electron chi connectivity index (χ3n) is 5.45. The lowest BCUT2D eigenvalue weighted by Crippen LogP contribution is -2.44. The van der Waals surface area contributed by atoms with Gasteiger partial charge in [0.2, 0.25) is 11.8 Å². The van der Waals surface area contributed by atoms with Crippen molar-refractivity contribution in [3.05, 3.63) is 83.2 Å². The number of hydrogen-bond acceptors (Lipinski definition) is 4. The minimum atomic E-state index is -0.934. The standard InChI is InChI=1S/C23H23N3O3/c1-16-12-18(25-29-16)15-24-21(27)14-23(13-17-8-4-3-5-9-17)19-10-6-7-11-20(19)26(2)22(23)28/h3-12H,13-15H2,1-2H3,(H,24,27)/t23-/m1/s1. The van der Waals surface area contributed by atoms with Crippen LogP contribution in [0.1, 0.15) is 29.0 Å². The van der Waals surface area contributed by atoms with E-state index < -0.39 is 5.41 Å². The molecule has 4 rings (SSSR count). The van der Waals surface area contributed by atoms with Crippen molar-refractivity contribution in [1.82, 2.24) is 10.5 Å². The molecule has 6 nitrogen and oxygen atoms in total. The van der Waals surface area contributed by atoms with Crippen molar-refractivity contribution in [2.75, 3.05) is 11.9 Å². The van der Waals surface area contributed by atoms with Gasteiger partial charge in [0.15, 0.2) is 0 Å². The Labute approximate surface area is 169 Å². The number of hydrogen-bond donors (Lipinski definition) is 1. The lowest BCUT2D eigenvalue weighted by molar-refractivity contribution is -0.129. The van der Waals surface area contributed by atoms with E-state index in [4.69, 9.17) is 4.52 Å². The monoisotopic (exact) mass is 389 g/mol. The second kappa shape index (κ2) is 7.54. The fourth-order valence-electron chi connectivity index (χ4n) is 4.09. The van der Waals surface area contributed by atoms with E-state index in [9.17, 15) is 9.59 Å². The molecule has 0 saturated heterocycles. The first-order valence-electron chi connectivity index (χ1n) is 9.60. The topological polar surface area (TPSA) is 75.4 Å². The molecule has 1 aromatic heterocycles. The van der Waals surface area contributed by atoms with E-state index in [0.717, 1.165) is 16.8 Å². The Morgan fingerprint density at radius 3 is 2.59 bits per heavy atom. The number of amides is 2. The van der Waals surface area contributed by atoms with Gasteiger partial charge >= 0.3 is 0 Å². The molecule has 0 bridgehead atoms. The highest BCUT2D eigenvalue weighted by molar-refractivity contribution is 6.09. The Morgan fingerprint density at radius 2 is 1.86 bits per heavy atom. The van der Waals surface area contributed by atoms with Crippen LogP contribution < -0.4 is 10.2 Å². The zero-order valence-electron chi connectivity index (χ0n) is 16.5. The van der Waals surface area contributed by atoms with Crippen molar-refractivity contribution in [2.24, 2.45) is 0 Å². The molecule has 0 unspecified atom stereocenters. The first kappa shape index (κ1) is 18.9. The minimum Gasteiger partial charge on any atom is -0.361 e. The van der Waals surface area contributed by atoms with E-state index >= 15 is 0 Å². The summed E-state index contributed by atoms with van der Waals surface area (Å²) in [5, 5.41) is 6.79. The van der Waals surface area contributed by atoms with Crippen LogP contribution in [0, 0.1) is 6.92 Å². The van der Waals surface area contributed by atoms with Crippen molar-refractivity contribution in [2.45, 2.75) is 31.7 Å². The average Bonchev–Trinajstić information content (AvgIpc) is 3.23. The van der Waals surface area contributed by atoms with Crippen LogP contribution in [0.2, 0.25) is 0 Å². The Balaban J connectivity index is 1.64. The second-order valence-electron chi connectivity index (χ2n) is 7.51. The Bertz CT molecular complexity index is 1040. The first-order valence-corrected chi connectivity index (χ1v) is 9.60. The van der Waals surface area contributed by atoms with E-state index in [1.54, 1.807) is 24.9 Å². The molecule has 148 valence electrons. The third kappa shape index (κ3) is 3.53. The quantitative estimate of drug-likeness (QED) is 0.703. The number of rotatable bonds is 6. The Morgan fingerprint density at radius 1 is 1.14 bits per heavy atom. The summed E-state index contributed by atoms with van der Waals surface area (Å²) in [6.45, 7) is 2.07. The largest absolute Gasteiger partial charge is 0.361 e. The van der Waals surface area contributed by atoms with Crippen molar-refractivity contribution >= 4 is 17.5 Å². The lowest BCUT2D eigenvalue weighted by Gasteiger charge is -2.28. The van der Waals surface area contributed by atoms with Gasteiger partial charge in [0.1, 0.15) is 11.5 Å². The first-order chi connectivity index (χ1) is 14.0. The number of anilines is 1. The van der Waals surface area contributed by atoms with Gasteiger partial charge < -0.3 is 14.7 Å². The fraction of sp³-hybridized carbons (Fsp3) is 0.261. The van der Waals surface area contributed by atoms with E-state index in [0.29, 0.717) is 17.9 Å². The van der Waals surface area contributed by atoms with Gasteiger partial charge in [-0.2, -0.15) is 0 Å². The molecule has 1 atom stereocenters. The summed E-state index contributed by atoms with van der Waals surface area (Å²) >= 11 is 0. The zero-order valence-corrected chi connectivity index (χ0v) is 16.5. The molecule has 2 heterocycles. The molecule has 2 amide bonds. The maximum absolute atomic E-state index is 13.4. The molecule has 0 radical (unpaired) electrons. The van der Waals surface area contributed by atoms with Crippen molar-refractivity contribution in [3.63, 3.8) is 0 Å². The maximum Gasteiger partial charge on any atom is 0.238 e. The fourth-order valence-corrected chi connectivity index (χ4v) is 4.09. The van der Waals surface area contributed by atoms with Gasteiger partial charge in [-0.25, -0.2) is 0 Å². The minimum absolute atomic E-state index is 0.0602. The van der Waals surface area contributed by atoms with Gasteiger partial charge in [0, 0.05) is 25.2 Å². The number of nitrogens with one attached hydrogen (secondary N) is 1. The van der Waals surface area contributed by atoms with Gasteiger partial charge in [0.05, 0.1) is 12.0 Å². The Kier molecular flexibility index (Phi) is 4.92. The maximum atomic E-state index is 13.4. The zero-order chi connectivity index (χ0) is 20.4.